The van der Waals surface area contributed by atoms with Crippen molar-refractivity contribution < 1.29 is 14.3 Å². The van der Waals surface area contributed by atoms with Crippen LogP contribution in [0.2, 0.25) is 10.0 Å². The first-order valence-corrected chi connectivity index (χ1v) is 8.37. The third kappa shape index (κ3) is 5.47. The Morgan fingerprint density at radius 1 is 1.15 bits per heavy atom. The molecule has 0 unspecified atom stereocenters. The number of amides is 2. The van der Waals surface area contributed by atoms with Gasteiger partial charge in [-0.1, -0.05) is 35.3 Å². The largest absolute Gasteiger partial charge is 0.496 e. The van der Waals surface area contributed by atoms with Gasteiger partial charge in [-0.05, 0) is 37.3 Å². The maximum atomic E-state index is 12.2. The fraction of sp³-hybridized carbons (Fsp3) is 0.167. The Balaban J connectivity index is 1.95. The Kier molecular flexibility index (Phi) is 7.00. The van der Waals surface area contributed by atoms with Gasteiger partial charge in [0.1, 0.15) is 5.75 Å². The van der Waals surface area contributed by atoms with Crippen LogP contribution in [0.4, 0.5) is 5.69 Å². The van der Waals surface area contributed by atoms with Crippen LogP contribution in [0.25, 0.3) is 0 Å². The van der Waals surface area contributed by atoms with Crippen LogP contribution < -0.4 is 15.5 Å². The van der Waals surface area contributed by atoms with Crippen molar-refractivity contribution in [2.75, 3.05) is 12.4 Å². The molecule has 136 valence electrons. The summed E-state index contributed by atoms with van der Waals surface area (Å²) in [7, 11) is 1.48. The van der Waals surface area contributed by atoms with E-state index in [4.69, 9.17) is 27.9 Å². The molecule has 2 aromatic rings. The number of halogens is 2. The number of anilines is 1. The molecule has 0 aliphatic carbocycles. The van der Waals surface area contributed by atoms with E-state index >= 15 is 0 Å². The zero-order valence-electron chi connectivity index (χ0n) is 14.2. The number of nitrogens with zero attached hydrogens (tertiary/aromatic N) is 1. The van der Waals surface area contributed by atoms with Crippen LogP contribution >= 0.6 is 23.2 Å². The summed E-state index contributed by atoms with van der Waals surface area (Å²) >= 11 is 11.8. The number of para-hydroxylation sites is 1. The van der Waals surface area contributed by atoms with Crippen LogP contribution in [0.1, 0.15) is 23.7 Å². The lowest BCUT2D eigenvalue weighted by Gasteiger charge is -2.08. The van der Waals surface area contributed by atoms with Gasteiger partial charge in [0.15, 0.2) is 0 Å². The fourth-order valence-electron chi connectivity index (χ4n) is 2.10. The number of hydrogen-bond acceptors (Lipinski definition) is 4. The first-order chi connectivity index (χ1) is 12.4. The van der Waals surface area contributed by atoms with Crippen molar-refractivity contribution in [3.8, 4) is 5.75 Å². The molecule has 26 heavy (non-hydrogen) atoms. The topological polar surface area (TPSA) is 79.8 Å². The summed E-state index contributed by atoms with van der Waals surface area (Å²) in [6.07, 6.45) is -0.00877. The van der Waals surface area contributed by atoms with Gasteiger partial charge in [0.25, 0.3) is 5.91 Å². The molecule has 0 spiro atoms. The summed E-state index contributed by atoms with van der Waals surface area (Å²) in [5, 5.41) is 7.42. The summed E-state index contributed by atoms with van der Waals surface area (Å²) in [6, 6.07) is 11.5. The fourth-order valence-corrected chi connectivity index (χ4v) is 2.55. The van der Waals surface area contributed by atoms with Crippen LogP contribution in [0.15, 0.2) is 47.6 Å². The molecular formula is C18H17Cl2N3O3. The van der Waals surface area contributed by atoms with Gasteiger partial charge in [-0.2, -0.15) is 5.10 Å². The zero-order valence-corrected chi connectivity index (χ0v) is 15.7. The number of nitrogens with one attached hydrogen (secondary N) is 2. The van der Waals surface area contributed by atoms with Gasteiger partial charge in [0.2, 0.25) is 5.91 Å². The SMILES string of the molecule is COc1ccccc1C(=O)N/N=C(/C)CC(=O)Nc1ccc(Cl)cc1Cl. The standard InChI is InChI=1S/C18H17Cl2N3O3/c1-11(9-17(24)21-15-8-7-12(19)10-14(15)20)22-23-18(25)13-5-3-4-6-16(13)26-2/h3-8,10H,9H2,1-2H3,(H,21,24)(H,23,25)/b22-11-. The second-order valence-electron chi connectivity index (χ2n) is 5.34. The second-order valence-corrected chi connectivity index (χ2v) is 6.18. The van der Waals surface area contributed by atoms with E-state index in [1.165, 1.54) is 13.2 Å². The number of rotatable bonds is 6. The van der Waals surface area contributed by atoms with E-state index in [9.17, 15) is 9.59 Å². The molecule has 6 nitrogen and oxygen atoms in total. The summed E-state index contributed by atoms with van der Waals surface area (Å²) in [5.41, 5.74) is 3.64. The highest BCUT2D eigenvalue weighted by Crippen LogP contribution is 2.25. The van der Waals surface area contributed by atoms with E-state index in [1.54, 1.807) is 43.3 Å². The second kappa shape index (κ2) is 9.22. The quantitative estimate of drug-likeness (QED) is 0.571. The van der Waals surface area contributed by atoms with Crippen molar-refractivity contribution >= 4 is 46.4 Å². The van der Waals surface area contributed by atoms with Crippen LogP contribution in [-0.2, 0) is 4.79 Å². The summed E-state index contributed by atoms with van der Waals surface area (Å²) < 4.78 is 5.13. The Labute approximate surface area is 161 Å². The third-order valence-corrected chi connectivity index (χ3v) is 3.87. The van der Waals surface area contributed by atoms with Gasteiger partial charge in [-0.15, -0.1) is 0 Å². The van der Waals surface area contributed by atoms with E-state index in [0.29, 0.717) is 32.8 Å². The smallest absolute Gasteiger partial charge is 0.275 e. The molecule has 0 aliphatic heterocycles. The van der Waals surface area contributed by atoms with Crippen molar-refractivity contribution in [1.29, 1.82) is 0 Å². The number of hydrazone groups is 1. The highest BCUT2D eigenvalue weighted by Gasteiger charge is 2.12. The predicted octanol–water partition coefficient (Wildman–Crippen LogP) is 4.14. The molecule has 0 atom stereocenters. The summed E-state index contributed by atoms with van der Waals surface area (Å²) in [6.45, 7) is 1.63. The highest BCUT2D eigenvalue weighted by atomic mass is 35.5. The molecular weight excluding hydrogens is 377 g/mol. The van der Waals surface area contributed by atoms with E-state index in [1.807, 2.05) is 0 Å². The molecule has 0 saturated heterocycles. The summed E-state index contributed by atoms with van der Waals surface area (Å²) in [5.74, 6) is -0.307. The highest BCUT2D eigenvalue weighted by molar-refractivity contribution is 6.36. The Morgan fingerprint density at radius 3 is 2.58 bits per heavy atom. The Hall–Kier alpha value is -2.57. The Morgan fingerprint density at radius 2 is 1.88 bits per heavy atom. The molecule has 2 N–H and O–H groups in total. The van der Waals surface area contributed by atoms with Crippen molar-refractivity contribution in [1.82, 2.24) is 5.43 Å². The Bertz CT molecular complexity index is 853. The number of ether oxygens (including phenoxy) is 1. The maximum Gasteiger partial charge on any atom is 0.275 e. The monoisotopic (exact) mass is 393 g/mol. The van der Waals surface area contributed by atoms with E-state index in [0.717, 1.165) is 0 Å². The molecule has 0 heterocycles. The normalized spacial score (nSPS) is 11.0. The first-order valence-electron chi connectivity index (χ1n) is 7.62. The van der Waals surface area contributed by atoms with Crippen LogP contribution in [0.5, 0.6) is 5.75 Å². The third-order valence-electron chi connectivity index (χ3n) is 3.32. The molecule has 2 amide bonds. The van der Waals surface area contributed by atoms with Gasteiger partial charge in [-0.3, -0.25) is 9.59 Å². The molecule has 0 saturated carbocycles. The number of hydrogen-bond donors (Lipinski definition) is 2. The van der Waals surface area contributed by atoms with Crippen molar-refractivity contribution in [2.24, 2.45) is 5.10 Å². The van der Waals surface area contributed by atoms with Crippen LogP contribution in [-0.4, -0.2) is 24.6 Å². The number of methoxy groups -OCH3 is 1. The van der Waals surface area contributed by atoms with Crippen molar-refractivity contribution in [2.45, 2.75) is 13.3 Å². The molecule has 2 aromatic carbocycles. The number of carbonyl (C=O) groups excluding carboxylic acids is 2. The van der Waals surface area contributed by atoms with E-state index < -0.39 is 5.91 Å². The van der Waals surface area contributed by atoms with Crippen molar-refractivity contribution in [3.63, 3.8) is 0 Å². The van der Waals surface area contributed by atoms with Crippen LogP contribution in [0, 0.1) is 0 Å². The lowest BCUT2D eigenvalue weighted by Crippen LogP contribution is -2.22. The van der Waals surface area contributed by atoms with Gasteiger partial charge in [0, 0.05) is 10.7 Å². The lowest BCUT2D eigenvalue weighted by molar-refractivity contribution is -0.115. The number of benzene rings is 2. The van der Waals surface area contributed by atoms with Gasteiger partial charge < -0.3 is 10.1 Å². The molecule has 0 aliphatic rings. The summed E-state index contributed by atoms with van der Waals surface area (Å²) in [4.78, 5) is 24.2. The van der Waals surface area contributed by atoms with Crippen LogP contribution in [0.3, 0.4) is 0 Å². The van der Waals surface area contributed by atoms with Gasteiger partial charge in [0.05, 0.1) is 29.8 Å². The van der Waals surface area contributed by atoms with E-state index in [-0.39, 0.29) is 12.3 Å². The molecule has 8 heteroatoms. The maximum absolute atomic E-state index is 12.2. The molecule has 2 rings (SSSR count). The minimum Gasteiger partial charge on any atom is -0.496 e. The molecule has 0 radical (unpaired) electrons. The van der Waals surface area contributed by atoms with Gasteiger partial charge in [-0.25, -0.2) is 5.43 Å². The van der Waals surface area contributed by atoms with Gasteiger partial charge >= 0.3 is 0 Å². The number of carbonyl (C=O) groups is 2. The molecule has 0 fully saturated rings. The zero-order chi connectivity index (χ0) is 19.1. The van der Waals surface area contributed by atoms with Crippen molar-refractivity contribution in [3.05, 3.63) is 58.1 Å². The minimum absolute atomic E-state index is 0.00877. The predicted molar refractivity (Wildman–Crippen MR) is 103 cm³/mol. The average molecular weight is 394 g/mol. The molecule has 0 aromatic heterocycles. The molecule has 0 bridgehead atoms. The minimum atomic E-state index is -0.428. The average Bonchev–Trinajstić information content (AvgIpc) is 2.62. The first kappa shape index (κ1) is 19.8. The lowest BCUT2D eigenvalue weighted by atomic mass is 10.2. The van der Waals surface area contributed by atoms with E-state index in [2.05, 4.69) is 15.8 Å².